The number of hydrogen-bond acceptors (Lipinski definition) is 15. The summed E-state index contributed by atoms with van der Waals surface area (Å²) in [5.74, 6) is -2.16. The highest BCUT2D eigenvalue weighted by molar-refractivity contribution is 7.47. The molecule has 2 unspecified atom stereocenters. The van der Waals surface area contributed by atoms with Gasteiger partial charge in [-0.2, -0.15) is 0 Å². The Morgan fingerprint density at radius 1 is 0.308 bits per heavy atom. The lowest BCUT2D eigenvalue weighted by Gasteiger charge is -2.21. The molecule has 0 radical (unpaired) electrons. The number of phosphoric acid groups is 2. The monoisotopic (exact) mass is 1330 g/mol. The van der Waals surface area contributed by atoms with Crippen LogP contribution in [0.3, 0.4) is 0 Å². The molecule has 536 valence electrons. The average Bonchev–Trinajstić information content (AvgIpc) is 2.71. The number of rotatable bonds is 71. The van der Waals surface area contributed by atoms with Crippen LogP contribution in [-0.4, -0.2) is 96.7 Å². The Labute approximate surface area is 554 Å². The number of unbranched alkanes of at least 4 members (excludes halogenated alkanes) is 42. The van der Waals surface area contributed by atoms with Gasteiger partial charge in [-0.25, -0.2) is 9.13 Å². The molecule has 0 spiro atoms. The number of carbonyl (C=O) groups excluding carboxylic acids is 4. The van der Waals surface area contributed by atoms with Gasteiger partial charge in [-0.15, -0.1) is 0 Å². The number of ether oxygens (including phenoxy) is 4. The van der Waals surface area contributed by atoms with Crippen molar-refractivity contribution in [3.8, 4) is 0 Å². The molecule has 0 bridgehead atoms. The number of phosphoric ester groups is 2. The van der Waals surface area contributed by atoms with Crippen LogP contribution in [0.25, 0.3) is 0 Å². The third kappa shape index (κ3) is 66.0. The molecule has 0 aliphatic carbocycles. The number of aliphatic hydroxyl groups excluding tert-OH is 1. The Morgan fingerprint density at radius 2 is 0.527 bits per heavy atom. The van der Waals surface area contributed by atoms with Crippen LogP contribution in [0.2, 0.25) is 0 Å². The largest absolute Gasteiger partial charge is 0.472 e. The lowest BCUT2D eigenvalue weighted by atomic mass is 10.0. The zero-order valence-electron chi connectivity index (χ0n) is 58.3. The van der Waals surface area contributed by atoms with Gasteiger partial charge in [0.25, 0.3) is 0 Å². The Hall–Kier alpha value is -2.46. The lowest BCUT2D eigenvalue weighted by Crippen LogP contribution is -2.30. The molecule has 17 nitrogen and oxygen atoms in total. The molecular formula is C72H136O17P2. The van der Waals surface area contributed by atoms with E-state index in [0.29, 0.717) is 25.7 Å². The molecule has 0 rings (SSSR count). The van der Waals surface area contributed by atoms with Gasteiger partial charge in [0.15, 0.2) is 12.2 Å². The molecular weight excluding hydrogens is 1200 g/mol. The first kappa shape index (κ1) is 88.5. The fraction of sp³-hybridized carbons (Fsp3) is 0.889. The number of carbonyl (C=O) groups is 4. The highest BCUT2D eigenvalue weighted by atomic mass is 31.2. The van der Waals surface area contributed by atoms with Gasteiger partial charge < -0.3 is 33.8 Å². The smallest absolute Gasteiger partial charge is 0.462 e. The minimum atomic E-state index is -4.96. The second-order valence-electron chi connectivity index (χ2n) is 25.3. The van der Waals surface area contributed by atoms with E-state index in [-0.39, 0.29) is 25.7 Å². The van der Waals surface area contributed by atoms with Crippen molar-refractivity contribution in [1.82, 2.24) is 0 Å². The van der Waals surface area contributed by atoms with E-state index in [1.54, 1.807) is 0 Å². The molecule has 0 aromatic rings. The second-order valence-corrected chi connectivity index (χ2v) is 28.2. The maximum absolute atomic E-state index is 13.0. The summed E-state index contributed by atoms with van der Waals surface area (Å²) in [4.78, 5) is 72.3. The van der Waals surface area contributed by atoms with E-state index in [9.17, 15) is 43.2 Å². The maximum Gasteiger partial charge on any atom is 0.472 e. The van der Waals surface area contributed by atoms with Crippen LogP contribution in [0.5, 0.6) is 0 Å². The molecule has 0 amide bonds. The highest BCUT2D eigenvalue weighted by Gasteiger charge is 2.30. The summed E-state index contributed by atoms with van der Waals surface area (Å²) in [7, 11) is -9.90. The second kappa shape index (κ2) is 66.2. The number of hydrogen-bond donors (Lipinski definition) is 3. The first-order valence-corrected chi connectivity index (χ1v) is 40.1. The molecule has 0 aromatic heterocycles. The molecule has 5 atom stereocenters. The summed E-state index contributed by atoms with van der Waals surface area (Å²) in [6.07, 6.45) is 58.0. The van der Waals surface area contributed by atoms with Gasteiger partial charge in [0.05, 0.1) is 26.4 Å². The number of allylic oxidation sites excluding steroid dienone is 4. The summed E-state index contributed by atoms with van der Waals surface area (Å²) in [5, 5.41) is 10.6. The van der Waals surface area contributed by atoms with Crippen molar-refractivity contribution in [1.29, 1.82) is 0 Å². The van der Waals surface area contributed by atoms with Crippen molar-refractivity contribution >= 4 is 39.5 Å². The first-order valence-electron chi connectivity index (χ1n) is 37.1. The van der Waals surface area contributed by atoms with Crippen LogP contribution in [-0.2, 0) is 65.4 Å². The summed E-state index contributed by atoms with van der Waals surface area (Å²) in [6, 6.07) is 0. The van der Waals surface area contributed by atoms with Crippen molar-refractivity contribution in [2.45, 2.75) is 373 Å². The van der Waals surface area contributed by atoms with Crippen molar-refractivity contribution in [2.75, 3.05) is 39.6 Å². The summed E-state index contributed by atoms with van der Waals surface area (Å²) >= 11 is 0. The van der Waals surface area contributed by atoms with E-state index < -0.39 is 97.5 Å². The van der Waals surface area contributed by atoms with Crippen LogP contribution in [0.4, 0.5) is 0 Å². The highest BCUT2D eigenvalue weighted by Crippen LogP contribution is 2.45. The van der Waals surface area contributed by atoms with E-state index in [0.717, 1.165) is 116 Å². The van der Waals surface area contributed by atoms with Gasteiger partial charge in [0.1, 0.15) is 19.3 Å². The summed E-state index contributed by atoms with van der Waals surface area (Å²) < 4.78 is 68.1. The zero-order valence-corrected chi connectivity index (χ0v) is 60.1. The Kier molecular flexibility index (Phi) is 64.4. The van der Waals surface area contributed by atoms with E-state index in [4.69, 9.17) is 37.0 Å². The lowest BCUT2D eigenvalue weighted by molar-refractivity contribution is -0.161. The molecule has 91 heavy (non-hydrogen) atoms. The summed E-state index contributed by atoms with van der Waals surface area (Å²) in [5.41, 5.74) is 0. The molecule has 0 aliphatic rings. The van der Waals surface area contributed by atoms with Gasteiger partial charge in [0, 0.05) is 25.7 Å². The van der Waals surface area contributed by atoms with Gasteiger partial charge in [0.2, 0.25) is 0 Å². The number of esters is 4. The molecule has 0 fully saturated rings. The number of aliphatic hydroxyl groups is 1. The molecule has 0 heterocycles. The van der Waals surface area contributed by atoms with Crippen molar-refractivity contribution < 1.29 is 80.2 Å². The van der Waals surface area contributed by atoms with Gasteiger partial charge in [-0.05, 0) is 51.4 Å². The summed E-state index contributed by atoms with van der Waals surface area (Å²) in [6.45, 7) is 4.81. The third-order valence-electron chi connectivity index (χ3n) is 16.2. The van der Waals surface area contributed by atoms with Crippen molar-refractivity contribution in [3.63, 3.8) is 0 Å². The predicted molar refractivity (Wildman–Crippen MR) is 368 cm³/mol. The maximum atomic E-state index is 13.0. The Morgan fingerprint density at radius 3 is 0.802 bits per heavy atom. The third-order valence-corrected chi connectivity index (χ3v) is 18.1. The quantitative estimate of drug-likeness (QED) is 0.0169. The minimum absolute atomic E-state index is 0.102. The fourth-order valence-corrected chi connectivity index (χ4v) is 12.1. The van der Waals surface area contributed by atoms with E-state index >= 15 is 0 Å². The van der Waals surface area contributed by atoms with Gasteiger partial charge in [-0.1, -0.05) is 302 Å². The fourth-order valence-electron chi connectivity index (χ4n) is 10.5. The zero-order chi connectivity index (χ0) is 66.8. The molecule has 0 saturated heterocycles. The Bertz CT molecular complexity index is 1830. The molecule has 19 heteroatoms. The molecule has 0 aromatic carbocycles. The van der Waals surface area contributed by atoms with Gasteiger partial charge in [-0.3, -0.25) is 37.3 Å². The molecule has 0 aliphatic heterocycles. The van der Waals surface area contributed by atoms with Crippen LogP contribution in [0.1, 0.15) is 355 Å². The topological polar surface area (TPSA) is 237 Å². The van der Waals surface area contributed by atoms with Crippen LogP contribution >= 0.6 is 15.6 Å². The standard InChI is InChI=1S/C72H136O17P2/c1-5-9-13-17-20-23-26-29-32-33-35-38-41-44-47-51-55-59-72(77)89-68(63-83-70(75)57-53-49-45-42-39-37-34-30-27-24-21-18-14-10-6-2)65-87-91(80,81)85-61-66(73)60-84-90(78,79)86-64-67(62-82-69(74)56-52-48-16-12-8-4)88-71(76)58-54-50-46-43-40-36-31-28-25-22-19-15-11-7-3/h24,27,30,34,66-68,73H,5-23,25-26,28-29,31-33,35-65H2,1-4H3,(H,78,79)(H,80,81)/b27-24-,34-30-/t66-,67+,68+/m0/s1. The predicted octanol–water partition coefficient (Wildman–Crippen LogP) is 20.6. The molecule has 0 saturated carbocycles. The minimum Gasteiger partial charge on any atom is -0.462 e. The van der Waals surface area contributed by atoms with Crippen LogP contribution in [0, 0.1) is 0 Å². The Balaban J connectivity index is 5.18. The average molecular weight is 1340 g/mol. The van der Waals surface area contributed by atoms with Gasteiger partial charge >= 0.3 is 39.5 Å². The van der Waals surface area contributed by atoms with Crippen LogP contribution in [0.15, 0.2) is 24.3 Å². The first-order chi connectivity index (χ1) is 44.2. The van der Waals surface area contributed by atoms with Crippen LogP contribution < -0.4 is 0 Å². The van der Waals surface area contributed by atoms with Crippen molar-refractivity contribution in [2.24, 2.45) is 0 Å². The molecule has 3 N–H and O–H groups in total. The van der Waals surface area contributed by atoms with E-state index in [2.05, 4.69) is 52.0 Å². The normalized spacial score (nSPS) is 14.1. The van der Waals surface area contributed by atoms with E-state index in [1.807, 2.05) is 0 Å². The van der Waals surface area contributed by atoms with E-state index in [1.165, 1.54) is 161 Å². The van der Waals surface area contributed by atoms with Crippen molar-refractivity contribution in [3.05, 3.63) is 24.3 Å². The SMILES string of the molecule is CCCCCC/C=C\C=C/CCCCCCCC(=O)OC[C@H](COP(=O)(O)OC[C@@H](O)COP(=O)(O)OC[C@@H](COC(=O)CCCCCCC)OC(=O)CCCCCCCCCCCCCCCC)OC(=O)CCCCCCCCCCCCCCCCCCC.